The molecule has 8 heteroatoms. The first-order chi connectivity index (χ1) is 23.6. The molecule has 0 rings (SSSR count). The van der Waals surface area contributed by atoms with Crippen LogP contribution in [0.25, 0.3) is 0 Å². The van der Waals surface area contributed by atoms with Crippen molar-refractivity contribution in [3.8, 4) is 0 Å². The fourth-order valence-electron chi connectivity index (χ4n) is 4.37. The molecule has 0 aliphatic carbocycles. The summed E-state index contributed by atoms with van der Waals surface area (Å²) < 4.78 is 17.0. The number of hydrogen-bond acceptors (Lipinski definition) is 6. The first kappa shape index (κ1) is 45.2. The smallest absolute Gasteiger partial charge is 0.362 e. The molecular formula is C41H64NO7+. The van der Waals surface area contributed by atoms with Crippen LogP contribution in [-0.2, 0) is 28.6 Å². The van der Waals surface area contributed by atoms with Crippen molar-refractivity contribution in [1.29, 1.82) is 0 Å². The van der Waals surface area contributed by atoms with E-state index in [0.29, 0.717) is 19.3 Å². The Labute approximate surface area is 296 Å². The van der Waals surface area contributed by atoms with E-state index < -0.39 is 18.1 Å². The molecule has 0 heterocycles. The zero-order valence-electron chi connectivity index (χ0n) is 30.8. The van der Waals surface area contributed by atoms with Crippen LogP contribution in [-0.4, -0.2) is 80.6 Å². The van der Waals surface area contributed by atoms with Crippen LogP contribution >= 0.6 is 0 Å². The fourth-order valence-corrected chi connectivity index (χ4v) is 4.37. The molecule has 0 aliphatic rings. The topological polar surface area (TPSA) is 99.1 Å². The Morgan fingerprint density at radius 2 is 1.18 bits per heavy atom. The number of nitrogens with zero attached hydrogens (tertiary/aromatic N) is 1. The van der Waals surface area contributed by atoms with Gasteiger partial charge in [-0.1, -0.05) is 111 Å². The molecule has 0 radical (unpaired) electrons. The molecular weight excluding hydrogens is 618 g/mol. The highest BCUT2D eigenvalue weighted by atomic mass is 16.6. The SMILES string of the molecule is CC/C=C/C=C/C=C/C=C/C=C/CCCC(=O)OCC(COCCC(C(=O)O)[N+](C)(C)C)OC(=O)CCCC/C=C/C/C=C/C/C=C/CC. The van der Waals surface area contributed by atoms with Gasteiger partial charge in [0.25, 0.3) is 0 Å². The van der Waals surface area contributed by atoms with Gasteiger partial charge in [0.15, 0.2) is 12.1 Å². The minimum absolute atomic E-state index is 0.0156. The second kappa shape index (κ2) is 31.5. The van der Waals surface area contributed by atoms with E-state index >= 15 is 0 Å². The lowest BCUT2D eigenvalue weighted by Crippen LogP contribution is -2.50. The van der Waals surface area contributed by atoms with Crippen LogP contribution in [0.4, 0.5) is 0 Å². The summed E-state index contributed by atoms with van der Waals surface area (Å²) in [4.78, 5) is 36.7. The van der Waals surface area contributed by atoms with E-state index in [1.54, 1.807) is 0 Å². The van der Waals surface area contributed by atoms with Crippen molar-refractivity contribution in [1.82, 2.24) is 0 Å². The van der Waals surface area contributed by atoms with Gasteiger partial charge in [0.05, 0.1) is 34.4 Å². The van der Waals surface area contributed by atoms with Crippen LogP contribution in [0, 0.1) is 0 Å². The highest BCUT2D eigenvalue weighted by molar-refractivity contribution is 5.72. The van der Waals surface area contributed by atoms with Gasteiger partial charge in [-0.3, -0.25) is 9.59 Å². The van der Waals surface area contributed by atoms with Gasteiger partial charge in [0, 0.05) is 19.3 Å². The molecule has 2 atom stereocenters. The molecule has 0 aromatic rings. The Morgan fingerprint density at radius 1 is 0.633 bits per heavy atom. The van der Waals surface area contributed by atoms with E-state index in [4.69, 9.17) is 14.2 Å². The molecule has 274 valence electrons. The molecule has 2 unspecified atom stereocenters. The lowest BCUT2D eigenvalue weighted by atomic mass is 10.1. The summed E-state index contributed by atoms with van der Waals surface area (Å²) in [6.07, 6.45) is 40.4. The Hall–Kier alpha value is -3.75. The molecule has 49 heavy (non-hydrogen) atoms. The number of carboxylic acids is 1. The van der Waals surface area contributed by atoms with Crippen LogP contribution in [0.2, 0.25) is 0 Å². The quantitative estimate of drug-likeness (QED) is 0.0277. The number of aliphatic carboxylic acids is 1. The molecule has 0 aromatic carbocycles. The number of carbonyl (C=O) groups excluding carboxylic acids is 2. The van der Waals surface area contributed by atoms with Gasteiger partial charge >= 0.3 is 17.9 Å². The first-order valence-electron chi connectivity index (χ1n) is 17.8. The Morgan fingerprint density at radius 3 is 1.80 bits per heavy atom. The van der Waals surface area contributed by atoms with Crippen molar-refractivity contribution >= 4 is 17.9 Å². The molecule has 0 fully saturated rings. The van der Waals surface area contributed by atoms with Gasteiger partial charge in [0.1, 0.15) is 6.61 Å². The van der Waals surface area contributed by atoms with Gasteiger partial charge < -0.3 is 23.8 Å². The summed E-state index contributed by atoms with van der Waals surface area (Å²) >= 11 is 0. The Balaban J connectivity index is 4.68. The van der Waals surface area contributed by atoms with E-state index in [0.717, 1.165) is 44.9 Å². The van der Waals surface area contributed by atoms with Gasteiger partial charge in [-0.15, -0.1) is 0 Å². The van der Waals surface area contributed by atoms with Crippen molar-refractivity contribution in [3.05, 3.63) is 97.2 Å². The summed E-state index contributed by atoms with van der Waals surface area (Å²) in [5.74, 6) is -1.64. The van der Waals surface area contributed by atoms with Crippen molar-refractivity contribution in [2.75, 3.05) is 41.0 Å². The number of esters is 2. The van der Waals surface area contributed by atoms with Crippen LogP contribution in [0.1, 0.15) is 90.9 Å². The van der Waals surface area contributed by atoms with Gasteiger partial charge in [-0.25, -0.2) is 4.79 Å². The van der Waals surface area contributed by atoms with Gasteiger partial charge in [-0.05, 0) is 57.8 Å². The standard InChI is InChI=1S/C41H63NO7/c1-6-8-10-12-14-16-18-20-22-23-25-27-29-31-39(43)48-36-37(35-47-34-33-38(41(45)46)42(3,4)5)49-40(44)32-30-28-26-24-21-19-17-15-13-11-9-7-2/h8-12,14-18,20-25,37-38H,6-7,13,19,26-36H2,1-5H3/p+1/b10-8+,11-9+,14-12+,17-15+,18-16+,22-20+,24-21+,25-23+. The Bertz CT molecular complexity index is 1120. The normalized spacial score (nSPS) is 14.2. The zero-order valence-corrected chi connectivity index (χ0v) is 30.8. The summed E-state index contributed by atoms with van der Waals surface area (Å²) in [6, 6.07) is -0.636. The number of unbranched alkanes of at least 4 members (excludes halogenated alkanes) is 3. The largest absolute Gasteiger partial charge is 0.477 e. The second-order valence-electron chi connectivity index (χ2n) is 12.5. The highest BCUT2D eigenvalue weighted by Gasteiger charge is 2.31. The third kappa shape index (κ3) is 30.1. The van der Waals surface area contributed by atoms with E-state index in [1.165, 1.54) is 0 Å². The summed E-state index contributed by atoms with van der Waals surface area (Å²) in [6.45, 7) is 4.30. The average Bonchev–Trinajstić information content (AvgIpc) is 3.05. The van der Waals surface area contributed by atoms with Crippen molar-refractivity contribution < 1.29 is 38.2 Å². The molecule has 8 nitrogen and oxygen atoms in total. The molecule has 0 aliphatic heterocycles. The predicted molar refractivity (Wildman–Crippen MR) is 201 cm³/mol. The molecule has 0 spiro atoms. The minimum atomic E-state index is -0.898. The van der Waals surface area contributed by atoms with Gasteiger partial charge in [-0.2, -0.15) is 0 Å². The predicted octanol–water partition coefficient (Wildman–Crippen LogP) is 8.79. The molecule has 1 N–H and O–H groups in total. The maximum atomic E-state index is 12.6. The summed E-state index contributed by atoms with van der Waals surface area (Å²) in [5.41, 5.74) is 0. The van der Waals surface area contributed by atoms with Crippen LogP contribution < -0.4 is 0 Å². The highest BCUT2D eigenvalue weighted by Crippen LogP contribution is 2.10. The third-order valence-electron chi connectivity index (χ3n) is 7.11. The monoisotopic (exact) mass is 682 g/mol. The lowest BCUT2D eigenvalue weighted by molar-refractivity contribution is -0.887. The molecule has 0 aromatic heterocycles. The number of ether oxygens (including phenoxy) is 3. The number of rotatable bonds is 29. The first-order valence-corrected chi connectivity index (χ1v) is 17.8. The van der Waals surface area contributed by atoms with E-state index in [-0.39, 0.29) is 49.1 Å². The number of quaternary nitrogens is 1. The number of carbonyl (C=O) groups is 3. The van der Waals surface area contributed by atoms with E-state index in [2.05, 4.69) is 56.4 Å². The molecule has 0 saturated carbocycles. The lowest BCUT2D eigenvalue weighted by Gasteiger charge is -2.31. The van der Waals surface area contributed by atoms with E-state index in [9.17, 15) is 19.5 Å². The van der Waals surface area contributed by atoms with Crippen molar-refractivity contribution in [2.24, 2.45) is 0 Å². The van der Waals surface area contributed by atoms with Crippen molar-refractivity contribution in [2.45, 2.75) is 103 Å². The number of likely N-dealkylation sites (N-methyl/N-ethyl adjacent to an activating group) is 1. The van der Waals surface area contributed by atoms with E-state index in [1.807, 2.05) is 75.8 Å². The minimum Gasteiger partial charge on any atom is -0.477 e. The van der Waals surface area contributed by atoms with Crippen LogP contribution in [0.15, 0.2) is 97.2 Å². The van der Waals surface area contributed by atoms with Crippen LogP contribution in [0.5, 0.6) is 0 Å². The van der Waals surface area contributed by atoms with Crippen molar-refractivity contribution in [3.63, 3.8) is 0 Å². The maximum Gasteiger partial charge on any atom is 0.362 e. The Kier molecular flexibility index (Phi) is 29.1. The fraction of sp³-hybridized carbons (Fsp3) is 0.537. The summed E-state index contributed by atoms with van der Waals surface area (Å²) in [7, 11) is 5.46. The molecule has 0 amide bonds. The number of hydrogen-bond donors (Lipinski definition) is 1. The zero-order chi connectivity index (χ0) is 36.4. The second-order valence-corrected chi connectivity index (χ2v) is 12.5. The molecule has 0 saturated heterocycles. The number of carboxylic acid groups (broad SMARTS) is 1. The maximum absolute atomic E-state index is 12.6. The average molecular weight is 683 g/mol. The summed E-state index contributed by atoms with van der Waals surface area (Å²) in [5, 5.41) is 9.56. The van der Waals surface area contributed by atoms with Gasteiger partial charge in [0.2, 0.25) is 0 Å². The van der Waals surface area contributed by atoms with Crippen LogP contribution in [0.3, 0.4) is 0 Å². The third-order valence-corrected chi connectivity index (χ3v) is 7.11. The molecule has 0 bridgehead atoms. The number of allylic oxidation sites excluding steroid dienone is 16.